The molecule has 2 aromatic heterocycles. The van der Waals surface area contributed by atoms with Gasteiger partial charge in [-0.15, -0.1) is 0 Å². The summed E-state index contributed by atoms with van der Waals surface area (Å²) >= 11 is 0. The number of benzene rings is 1. The Morgan fingerprint density at radius 2 is 2.07 bits per heavy atom. The highest BCUT2D eigenvalue weighted by atomic mass is 32.2. The van der Waals surface area contributed by atoms with Crippen LogP contribution >= 0.6 is 0 Å². The normalized spacial score (nSPS) is 11.3. The average molecular weight is 419 g/mol. The van der Waals surface area contributed by atoms with Crippen molar-refractivity contribution in [1.82, 2.24) is 13.9 Å². The Balaban J connectivity index is 2.22. The van der Waals surface area contributed by atoms with Crippen LogP contribution in [0.1, 0.15) is 5.56 Å². The molecule has 1 amide bonds. The van der Waals surface area contributed by atoms with Gasteiger partial charge >= 0.3 is 6.09 Å². The molecule has 1 N–H and O–H groups in total. The number of rotatable bonds is 6. The maximum atomic E-state index is 14.9. The third-order valence-electron chi connectivity index (χ3n) is 4.24. The number of carboxylic acid groups (broad SMARTS) is 1. The molecule has 0 atom stereocenters. The molecule has 1 aromatic carbocycles. The minimum Gasteiger partial charge on any atom is -0.494 e. The van der Waals surface area contributed by atoms with Crippen molar-refractivity contribution in [3.05, 3.63) is 66.4 Å². The fourth-order valence-electron chi connectivity index (χ4n) is 2.80. The second-order valence-corrected chi connectivity index (χ2v) is 8.00. The van der Waals surface area contributed by atoms with E-state index in [9.17, 15) is 17.6 Å². The number of carbonyl (C=O) groups is 1. The predicted molar refractivity (Wildman–Crippen MR) is 103 cm³/mol. The molecule has 0 saturated heterocycles. The lowest BCUT2D eigenvalue weighted by molar-refractivity contribution is 0.154. The summed E-state index contributed by atoms with van der Waals surface area (Å²) in [6.45, 7) is -0.0799. The summed E-state index contributed by atoms with van der Waals surface area (Å²) in [6, 6.07) is 8.66. The zero-order chi connectivity index (χ0) is 21.2. The van der Waals surface area contributed by atoms with Gasteiger partial charge in [0.2, 0.25) is 0 Å². The number of halogens is 1. The van der Waals surface area contributed by atoms with Gasteiger partial charge in [-0.05, 0) is 35.9 Å². The highest BCUT2D eigenvalue weighted by molar-refractivity contribution is 7.90. The predicted octanol–water partition coefficient (Wildman–Crippen LogP) is 3.04. The first-order valence-corrected chi connectivity index (χ1v) is 9.83. The van der Waals surface area contributed by atoms with E-state index in [1.54, 1.807) is 0 Å². The van der Waals surface area contributed by atoms with E-state index < -0.39 is 21.9 Å². The first-order valence-electron chi connectivity index (χ1n) is 8.39. The van der Waals surface area contributed by atoms with E-state index in [0.717, 1.165) is 8.87 Å². The van der Waals surface area contributed by atoms with E-state index in [-0.39, 0.29) is 28.4 Å². The smallest absolute Gasteiger partial charge is 0.407 e. The molecule has 0 aliphatic carbocycles. The van der Waals surface area contributed by atoms with E-state index >= 15 is 0 Å². The molecule has 0 aliphatic heterocycles. The van der Waals surface area contributed by atoms with Crippen LogP contribution in [0.2, 0.25) is 0 Å². The maximum absolute atomic E-state index is 14.9. The highest BCUT2D eigenvalue weighted by Gasteiger charge is 2.25. The number of hydrogen-bond acceptors (Lipinski definition) is 5. The molecule has 3 rings (SSSR count). The fourth-order valence-corrected chi connectivity index (χ4v) is 4.16. The molecule has 3 aromatic rings. The summed E-state index contributed by atoms with van der Waals surface area (Å²) < 4.78 is 47.1. The lowest BCUT2D eigenvalue weighted by Crippen LogP contribution is -2.23. The molecule has 0 radical (unpaired) electrons. The van der Waals surface area contributed by atoms with Crippen molar-refractivity contribution in [1.29, 1.82) is 0 Å². The molecular formula is C19H18FN3O5S. The van der Waals surface area contributed by atoms with Crippen LogP contribution in [-0.2, 0) is 16.6 Å². The Labute approximate surface area is 166 Å². The van der Waals surface area contributed by atoms with Gasteiger partial charge in [-0.2, -0.15) is 0 Å². The summed E-state index contributed by atoms with van der Waals surface area (Å²) in [5, 5.41) is 9.10. The molecule has 2 heterocycles. The number of aromatic nitrogens is 2. The Kier molecular flexibility index (Phi) is 5.55. The standard InChI is InChI=1S/C19H18FN3O5S/c1-22(19(24)25)11-13-9-16(15-6-3-7-17(28-2)18(15)20)23(12-13)29(26,27)14-5-4-8-21-10-14/h3-10,12H,11H2,1-2H3,(H,24,25). The van der Waals surface area contributed by atoms with Crippen LogP contribution in [0.25, 0.3) is 11.3 Å². The van der Waals surface area contributed by atoms with Crippen molar-refractivity contribution in [2.45, 2.75) is 11.4 Å². The second kappa shape index (κ2) is 7.92. The Morgan fingerprint density at radius 3 is 2.69 bits per heavy atom. The number of nitrogens with zero attached hydrogens (tertiary/aromatic N) is 3. The van der Waals surface area contributed by atoms with Gasteiger partial charge in [-0.25, -0.2) is 21.6 Å². The van der Waals surface area contributed by atoms with Crippen LogP contribution in [0, 0.1) is 5.82 Å². The first-order chi connectivity index (χ1) is 13.8. The number of methoxy groups -OCH3 is 1. The number of amides is 1. The van der Waals surface area contributed by atoms with Crippen LogP contribution in [0.15, 0.2) is 59.9 Å². The molecule has 8 nitrogen and oxygen atoms in total. The van der Waals surface area contributed by atoms with E-state index in [1.165, 1.54) is 69.1 Å². The van der Waals surface area contributed by atoms with Crippen LogP contribution in [-0.4, -0.2) is 47.6 Å². The van der Waals surface area contributed by atoms with Crippen LogP contribution in [0.4, 0.5) is 9.18 Å². The Hall–Kier alpha value is -3.40. The highest BCUT2D eigenvalue weighted by Crippen LogP contribution is 2.32. The first kappa shape index (κ1) is 20.3. The third kappa shape index (κ3) is 3.92. The molecule has 0 unspecified atom stereocenters. The minimum atomic E-state index is -4.11. The Bertz CT molecular complexity index is 1150. The number of hydrogen-bond donors (Lipinski definition) is 1. The summed E-state index contributed by atoms with van der Waals surface area (Å²) in [7, 11) is -1.45. The number of pyridine rings is 1. The van der Waals surface area contributed by atoms with E-state index in [0.29, 0.717) is 5.56 Å². The molecule has 0 aliphatic rings. The molecule has 152 valence electrons. The van der Waals surface area contributed by atoms with Gasteiger partial charge in [0.05, 0.1) is 19.3 Å². The van der Waals surface area contributed by atoms with Gasteiger partial charge in [-0.1, -0.05) is 6.07 Å². The molecular weight excluding hydrogens is 401 g/mol. The average Bonchev–Trinajstić information content (AvgIpc) is 3.13. The molecule has 0 spiro atoms. The van der Waals surface area contributed by atoms with Gasteiger partial charge in [0.1, 0.15) is 4.90 Å². The van der Waals surface area contributed by atoms with E-state index in [2.05, 4.69) is 4.98 Å². The molecule has 0 saturated carbocycles. The van der Waals surface area contributed by atoms with Gasteiger partial charge < -0.3 is 14.7 Å². The number of ether oxygens (including phenoxy) is 1. The Morgan fingerprint density at radius 1 is 1.31 bits per heavy atom. The van der Waals surface area contributed by atoms with Gasteiger partial charge in [0, 0.05) is 31.2 Å². The van der Waals surface area contributed by atoms with Crippen molar-refractivity contribution in [3.63, 3.8) is 0 Å². The van der Waals surface area contributed by atoms with Gasteiger partial charge in [0.25, 0.3) is 10.0 Å². The second-order valence-electron chi connectivity index (χ2n) is 6.18. The van der Waals surface area contributed by atoms with E-state index in [4.69, 9.17) is 9.84 Å². The van der Waals surface area contributed by atoms with Gasteiger partial charge in [-0.3, -0.25) is 4.98 Å². The molecule has 10 heteroatoms. The SMILES string of the molecule is COc1cccc(-c2cc(CN(C)C(=O)O)cn2S(=O)(=O)c2cccnc2)c1F. The quantitative estimate of drug-likeness (QED) is 0.659. The monoisotopic (exact) mass is 419 g/mol. The van der Waals surface area contributed by atoms with Crippen LogP contribution in [0.3, 0.4) is 0 Å². The van der Waals surface area contributed by atoms with Crippen molar-refractivity contribution in [3.8, 4) is 17.0 Å². The lowest BCUT2D eigenvalue weighted by atomic mass is 10.1. The zero-order valence-electron chi connectivity index (χ0n) is 15.6. The maximum Gasteiger partial charge on any atom is 0.407 e. The lowest BCUT2D eigenvalue weighted by Gasteiger charge is -2.12. The molecule has 0 fully saturated rings. The van der Waals surface area contributed by atoms with E-state index in [1.807, 2.05) is 0 Å². The summed E-state index contributed by atoms with van der Waals surface area (Å²) in [5.74, 6) is -0.771. The van der Waals surface area contributed by atoms with Crippen molar-refractivity contribution in [2.24, 2.45) is 0 Å². The topological polar surface area (TPSA) is 102 Å². The largest absolute Gasteiger partial charge is 0.494 e. The summed E-state index contributed by atoms with van der Waals surface area (Å²) in [6.07, 6.45) is 2.71. The fraction of sp³-hybridized carbons (Fsp3) is 0.158. The van der Waals surface area contributed by atoms with Gasteiger partial charge in [0.15, 0.2) is 11.6 Å². The van der Waals surface area contributed by atoms with Crippen molar-refractivity contribution in [2.75, 3.05) is 14.2 Å². The third-order valence-corrected chi connectivity index (χ3v) is 5.90. The van der Waals surface area contributed by atoms with Crippen LogP contribution < -0.4 is 4.74 Å². The summed E-state index contributed by atoms with van der Waals surface area (Å²) in [5.41, 5.74) is 0.416. The summed E-state index contributed by atoms with van der Waals surface area (Å²) in [4.78, 5) is 15.9. The zero-order valence-corrected chi connectivity index (χ0v) is 16.4. The van der Waals surface area contributed by atoms with Crippen LogP contribution in [0.5, 0.6) is 5.75 Å². The minimum absolute atomic E-state index is 0.000966. The van der Waals surface area contributed by atoms with Crippen molar-refractivity contribution >= 4 is 16.1 Å². The van der Waals surface area contributed by atoms with Crippen molar-refractivity contribution < 1.29 is 27.4 Å². The molecule has 29 heavy (non-hydrogen) atoms. The molecule has 0 bridgehead atoms.